The van der Waals surface area contributed by atoms with Crippen LogP contribution in [0.3, 0.4) is 0 Å². The van der Waals surface area contributed by atoms with E-state index in [0.29, 0.717) is 0 Å². The SMILES string of the molecule is O=C(O)C1CCC(C(=O)O)(C(=O)O)C(C(=O)O)(C(=O)O)C1C(=O)O. The third-order valence-corrected chi connectivity index (χ3v) is 4.36. The van der Waals surface area contributed by atoms with E-state index in [1.165, 1.54) is 0 Å². The average molecular weight is 348 g/mol. The highest BCUT2D eigenvalue weighted by Gasteiger charge is 2.79. The summed E-state index contributed by atoms with van der Waals surface area (Å²) < 4.78 is 0. The molecule has 0 aromatic heterocycles. The van der Waals surface area contributed by atoms with Gasteiger partial charge in [0.2, 0.25) is 5.41 Å². The molecule has 2 atom stereocenters. The van der Waals surface area contributed by atoms with Gasteiger partial charge in [-0.05, 0) is 12.8 Å². The summed E-state index contributed by atoms with van der Waals surface area (Å²) in [4.78, 5) is 69.1. The highest BCUT2D eigenvalue weighted by atomic mass is 16.4. The largest absolute Gasteiger partial charge is 0.481 e. The van der Waals surface area contributed by atoms with Crippen molar-refractivity contribution in [2.45, 2.75) is 12.8 Å². The standard InChI is InChI=1S/C12H12O12/c13-5(14)3-1-2-11(7(17)18,8(19)20)12(9(21)22,10(23)24)4(3)6(15)16/h3-4H,1-2H2,(H,13,14)(H,15,16)(H,17,18)(H,19,20)(H,21,22)(H,23,24). The van der Waals surface area contributed by atoms with Crippen molar-refractivity contribution in [3.05, 3.63) is 0 Å². The number of hydrogen-bond acceptors (Lipinski definition) is 6. The van der Waals surface area contributed by atoms with E-state index < -0.39 is 71.3 Å². The number of rotatable bonds is 6. The predicted molar refractivity (Wildman–Crippen MR) is 66.9 cm³/mol. The molecule has 1 fully saturated rings. The fourth-order valence-corrected chi connectivity index (χ4v) is 3.29. The normalized spacial score (nSPS) is 24.5. The molecule has 0 amide bonds. The maximum absolute atomic E-state index is 11.7. The third-order valence-electron chi connectivity index (χ3n) is 4.36. The molecule has 0 bridgehead atoms. The first kappa shape index (κ1) is 18.9. The molecule has 1 aliphatic carbocycles. The molecule has 2 unspecified atom stereocenters. The minimum atomic E-state index is -3.92. The Morgan fingerprint density at radius 3 is 1.33 bits per heavy atom. The van der Waals surface area contributed by atoms with Crippen molar-refractivity contribution < 1.29 is 59.4 Å². The lowest BCUT2D eigenvalue weighted by Gasteiger charge is -2.47. The Labute approximate surface area is 131 Å². The van der Waals surface area contributed by atoms with Gasteiger partial charge in [0.05, 0.1) is 11.8 Å². The summed E-state index contributed by atoms with van der Waals surface area (Å²) in [5, 5.41) is 55.5. The minimum Gasteiger partial charge on any atom is -0.481 e. The van der Waals surface area contributed by atoms with Crippen LogP contribution < -0.4 is 0 Å². The molecule has 0 aromatic rings. The van der Waals surface area contributed by atoms with E-state index in [2.05, 4.69) is 0 Å². The van der Waals surface area contributed by atoms with Gasteiger partial charge in [-0.3, -0.25) is 28.8 Å². The van der Waals surface area contributed by atoms with Gasteiger partial charge < -0.3 is 30.6 Å². The van der Waals surface area contributed by atoms with Crippen LogP contribution in [-0.2, 0) is 28.8 Å². The van der Waals surface area contributed by atoms with Crippen LogP contribution in [0.1, 0.15) is 12.8 Å². The van der Waals surface area contributed by atoms with E-state index in [0.717, 1.165) is 0 Å². The van der Waals surface area contributed by atoms with Crippen molar-refractivity contribution in [2.24, 2.45) is 22.7 Å². The number of carboxylic acid groups (broad SMARTS) is 6. The lowest BCUT2D eigenvalue weighted by molar-refractivity contribution is -0.215. The van der Waals surface area contributed by atoms with E-state index in [1.54, 1.807) is 0 Å². The molecule has 0 aliphatic heterocycles. The van der Waals surface area contributed by atoms with Gasteiger partial charge in [0.25, 0.3) is 0 Å². The smallest absolute Gasteiger partial charge is 0.323 e. The van der Waals surface area contributed by atoms with Crippen LogP contribution in [0.4, 0.5) is 0 Å². The summed E-state index contributed by atoms with van der Waals surface area (Å²) >= 11 is 0. The zero-order valence-electron chi connectivity index (χ0n) is 11.7. The van der Waals surface area contributed by atoms with E-state index in [1.807, 2.05) is 0 Å². The summed E-state index contributed by atoms with van der Waals surface area (Å²) in [6.07, 6.45) is -2.02. The monoisotopic (exact) mass is 348 g/mol. The fraction of sp³-hybridized carbons (Fsp3) is 0.500. The first-order chi connectivity index (χ1) is 10.9. The molecule has 132 valence electrons. The molecule has 12 nitrogen and oxygen atoms in total. The van der Waals surface area contributed by atoms with E-state index in [4.69, 9.17) is 5.11 Å². The van der Waals surface area contributed by atoms with Crippen molar-refractivity contribution in [3.8, 4) is 0 Å². The maximum atomic E-state index is 11.7. The lowest BCUT2D eigenvalue weighted by atomic mass is 9.48. The lowest BCUT2D eigenvalue weighted by Crippen LogP contribution is -2.69. The van der Waals surface area contributed by atoms with Crippen molar-refractivity contribution in [1.29, 1.82) is 0 Å². The van der Waals surface area contributed by atoms with Gasteiger partial charge in [-0.1, -0.05) is 0 Å². The van der Waals surface area contributed by atoms with Crippen molar-refractivity contribution in [1.82, 2.24) is 0 Å². The van der Waals surface area contributed by atoms with Crippen molar-refractivity contribution in [3.63, 3.8) is 0 Å². The van der Waals surface area contributed by atoms with E-state index >= 15 is 0 Å². The summed E-state index contributed by atoms with van der Waals surface area (Å²) in [7, 11) is 0. The van der Waals surface area contributed by atoms with Crippen LogP contribution in [0.2, 0.25) is 0 Å². The topological polar surface area (TPSA) is 224 Å². The van der Waals surface area contributed by atoms with Gasteiger partial charge in [0.1, 0.15) is 0 Å². The van der Waals surface area contributed by atoms with Gasteiger partial charge >= 0.3 is 35.8 Å². The zero-order chi connectivity index (χ0) is 19.0. The summed E-state index contributed by atoms with van der Waals surface area (Å²) in [6, 6.07) is 0. The number of aliphatic carboxylic acids is 6. The van der Waals surface area contributed by atoms with E-state index in [-0.39, 0.29) is 0 Å². The number of carbonyl (C=O) groups is 6. The Balaban J connectivity index is 4.02. The molecule has 0 radical (unpaired) electrons. The summed E-state index contributed by atoms with van der Waals surface area (Å²) in [5.74, 6) is -18.9. The molecular formula is C12H12O12. The maximum Gasteiger partial charge on any atom is 0.323 e. The molecular weight excluding hydrogens is 336 g/mol. The number of carboxylic acids is 6. The Morgan fingerprint density at radius 1 is 0.667 bits per heavy atom. The first-order valence-corrected chi connectivity index (χ1v) is 6.28. The molecule has 24 heavy (non-hydrogen) atoms. The second-order valence-corrected chi connectivity index (χ2v) is 5.23. The van der Waals surface area contributed by atoms with Crippen molar-refractivity contribution in [2.75, 3.05) is 0 Å². The Morgan fingerprint density at radius 2 is 1.08 bits per heavy atom. The molecule has 0 aromatic carbocycles. The molecule has 0 saturated heterocycles. The van der Waals surface area contributed by atoms with Gasteiger partial charge in [0.15, 0.2) is 5.41 Å². The summed E-state index contributed by atoms with van der Waals surface area (Å²) in [5.41, 5.74) is -7.47. The van der Waals surface area contributed by atoms with Gasteiger partial charge in [-0.15, -0.1) is 0 Å². The minimum absolute atomic E-state index is 0.840. The second-order valence-electron chi connectivity index (χ2n) is 5.23. The van der Waals surface area contributed by atoms with Crippen LogP contribution in [0.25, 0.3) is 0 Å². The zero-order valence-corrected chi connectivity index (χ0v) is 11.7. The van der Waals surface area contributed by atoms with Gasteiger partial charge in [-0.2, -0.15) is 0 Å². The quantitative estimate of drug-likeness (QED) is 0.301. The highest BCUT2D eigenvalue weighted by molar-refractivity contribution is 6.15. The molecule has 1 aliphatic rings. The van der Waals surface area contributed by atoms with Crippen LogP contribution in [0.15, 0.2) is 0 Å². The third kappa shape index (κ3) is 2.06. The van der Waals surface area contributed by atoms with Crippen LogP contribution in [0.5, 0.6) is 0 Å². The number of hydrogen-bond donors (Lipinski definition) is 6. The Bertz CT molecular complexity index is 618. The van der Waals surface area contributed by atoms with E-state index in [9.17, 15) is 54.3 Å². The molecule has 0 spiro atoms. The molecule has 1 rings (SSSR count). The molecule has 0 heterocycles. The van der Waals surface area contributed by atoms with Crippen molar-refractivity contribution >= 4 is 35.8 Å². The predicted octanol–water partition coefficient (Wildman–Crippen LogP) is -1.51. The average Bonchev–Trinajstić information content (AvgIpc) is 2.43. The van der Waals surface area contributed by atoms with Crippen LogP contribution >= 0.6 is 0 Å². The fourth-order valence-electron chi connectivity index (χ4n) is 3.29. The van der Waals surface area contributed by atoms with Gasteiger partial charge in [0, 0.05) is 0 Å². The van der Waals surface area contributed by atoms with Crippen LogP contribution in [-0.4, -0.2) is 66.5 Å². The summed E-state index contributed by atoms with van der Waals surface area (Å²) in [6.45, 7) is 0. The van der Waals surface area contributed by atoms with Gasteiger partial charge in [-0.25, -0.2) is 0 Å². The molecule has 6 N–H and O–H groups in total. The Kier molecular flexibility index (Phi) is 4.55. The Hall–Kier alpha value is -3.18. The second kappa shape index (κ2) is 5.79. The highest BCUT2D eigenvalue weighted by Crippen LogP contribution is 2.57. The molecule has 1 saturated carbocycles. The first-order valence-electron chi connectivity index (χ1n) is 6.28. The molecule has 12 heteroatoms. The van der Waals surface area contributed by atoms with Crippen LogP contribution in [0, 0.1) is 22.7 Å².